The molecule has 7 heteroatoms. The van der Waals surface area contributed by atoms with Crippen molar-refractivity contribution in [2.75, 3.05) is 64.9 Å². The highest BCUT2D eigenvalue weighted by atomic mass is 16.5. The van der Waals surface area contributed by atoms with Crippen LogP contribution < -0.4 is 9.64 Å². The zero-order valence-corrected chi connectivity index (χ0v) is 14.3. The Kier molecular flexibility index (Phi) is 4.89. The van der Waals surface area contributed by atoms with Gasteiger partial charge in [0.05, 0.1) is 7.11 Å². The third kappa shape index (κ3) is 3.46. The quantitative estimate of drug-likeness (QED) is 0.815. The molecule has 1 aromatic carbocycles. The molecule has 1 aromatic rings. The van der Waals surface area contributed by atoms with E-state index in [1.54, 1.807) is 16.9 Å². The van der Waals surface area contributed by atoms with Gasteiger partial charge < -0.3 is 19.4 Å². The molecule has 0 spiro atoms. The molecule has 0 radical (unpaired) electrons. The van der Waals surface area contributed by atoms with Gasteiger partial charge in [-0.05, 0) is 31.3 Å². The summed E-state index contributed by atoms with van der Waals surface area (Å²) in [4.78, 5) is 32.4. The number of urea groups is 1. The predicted octanol–water partition coefficient (Wildman–Crippen LogP) is 0.711. The van der Waals surface area contributed by atoms with E-state index in [1.807, 2.05) is 29.2 Å². The number of ether oxygens (including phenoxy) is 1. The lowest BCUT2D eigenvalue weighted by atomic mass is 10.3. The number of carbonyl (C=O) groups is 2. The highest BCUT2D eigenvalue weighted by Crippen LogP contribution is 2.23. The van der Waals surface area contributed by atoms with Crippen molar-refractivity contribution in [2.24, 2.45) is 0 Å². The molecule has 0 saturated carbocycles. The molecule has 0 aromatic heterocycles. The van der Waals surface area contributed by atoms with Gasteiger partial charge in [-0.15, -0.1) is 0 Å². The molecule has 2 aliphatic rings. The average Bonchev–Trinajstić information content (AvgIpc) is 2.96. The molecule has 0 atom stereocenters. The molecule has 0 bridgehead atoms. The number of methoxy groups -OCH3 is 1. The van der Waals surface area contributed by atoms with Gasteiger partial charge in [0.1, 0.15) is 12.3 Å². The van der Waals surface area contributed by atoms with Crippen molar-refractivity contribution >= 4 is 17.6 Å². The number of nitrogens with zero attached hydrogens (tertiary/aromatic N) is 4. The van der Waals surface area contributed by atoms with Gasteiger partial charge in [0.25, 0.3) is 0 Å². The van der Waals surface area contributed by atoms with Crippen molar-refractivity contribution in [3.05, 3.63) is 24.3 Å². The van der Waals surface area contributed by atoms with Crippen molar-refractivity contribution in [1.82, 2.24) is 14.7 Å². The number of carbonyl (C=O) groups excluding carboxylic acids is 2. The molecule has 2 heterocycles. The van der Waals surface area contributed by atoms with Crippen LogP contribution in [0.15, 0.2) is 24.3 Å². The fourth-order valence-corrected chi connectivity index (χ4v) is 3.05. The van der Waals surface area contributed by atoms with Crippen LogP contribution in [0, 0.1) is 0 Å². The number of likely N-dealkylation sites (N-methyl/N-ethyl adjacent to an activating group) is 1. The van der Waals surface area contributed by atoms with Crippen molar-refractivity contribution in [2.45, 2.75) is 0 Å². The Morgan fingerprint density at radius 1 is 1.04 bits per heavy atom. The number of amides is 3. The van der Waals surface area contributed by atoms with Crippen LogP contribution in [-0.2, 0) is 4.79 Å². The summed E-state index contributed by atoms with van der Waals surface area (Å²) < 4.78 is 5.14. The van der Waals surface area contributed by atoms with Crippen LogP contribution in [0.1, 0.15) is 0 Å². The van der Waals surface area contributed by atoms with Crippen LogP contribution >= 0.6 is 0 Å². The molecule has 0 N–H and O–H groups in total. The Bertz CT molecular complexity index is 596. The topological polar surface area (TPSA) is 56.3 Å². The molecular weight excluding hydrogens is 308 g/mol. The third-order valence-electron chi connectivity index (χ3n) is 4.66. The zero-order chi connectivity index (χ0) is 17.1. The van der Waals surface area contributed by atoms with Crippen LogP contribution in [-0.4, -0.2) is 86.6 Å². The van der Waals surface area contributed by atoms with E-state index < -0.39 is 0 Å². The number of anilines is 1. The summed E-state index contributed by atoms with van der Waals surface area (Å²) in [6, 6.07) is 7.29. The molecule has 7 nitrogen and oxygen atoms in total. The maximum atomic E-state index is 12.6. The molecule has 24 heavy (non-hydrogen) atoms. The molecule has 130 valence electrons. The Morgan fingerprint density at radius 2 is 1.71 bits per heavy atom. The zero-order valence-electron chi connectivity index (χ0n) is 14.3. The van der Waals surface area contributed by atoms with E-state index in [9.17, 15) is 9.59 Å². The van der Waals surface area contributed by atoms with Crippen molar-refractivity contribution < 1.29 is 14.3 Å². The van der Waals surface area contributed by atoms with Gasteiger partial charge in [-0.1, -0.05) is 0 Å². The summed E-state index contributed by atoms with van der Waals surface area (Å²) in [6.45, 7) is 4.58. The first-order valence-corrected chi connectivity index (χ1v) is 8.25. The maximum Gasteiger partial charge on any atom is 0.325 e. The number of hydrogen-bond acceptors (Lipinski definition) is 4. The van der Waals surface area contributed by atoms with Gasteiger partial charge in [0.2, 0.25) is 5.91 Å². The van der Waals surface area contributed by atoms with E-state index in [2.05, 4.69) is 11.9 Å². The predicted molar refractivity (Wildman–Crippen MR) is 91.4 cm³/mol. The first kappa shape index (κ1) is 16.6. The number of benzene rings is 1. The molecule has 3 rings (SSSR count). The Labute approximate surface area is 142 Å². The van der Waals surface area contributed by atoms with E-state index in [1.165, 1.54) is 0 Å². The van der Waals surface area contributed by atoms with Crippen LogP contribution in [0.25, 0.3) is 0 Å². The largest absolute Gasteiger partial charge is 0.497 e. The third-order valence-corrected chi connectivity index (χ3v) is 4.66. The highest BCUT2D eigenvalue weighted by Gasteiger charge is 2.32. The molecule has 2 aliphatic heterocycles. The van der Waals surface area contributed by atoms with Crippen molar-refractivity contribution in [3.8, 4) is 5.75 Å². The highest BCUT2D eigenvalue weighted by molar-refractivity contribution is 5.96. The minimum absolute atomic E-state index is 0.0352. The smallest absolute Gasteiger partial charge is 0.325 e. The van der Waals surface area contributed by atoms with Gasteiger partial charge in [0.15, 0.2) is 0 Å². The van der Waals surface area contributed by atoms with Crippen LogP contribution in [0.2, 0.25) is 0 Å². The van der Waals surface area contributed by atoms with Crippen LogP contribution in [0.4, 0.5) is 10.5 Å². The second-order valence-corrected chi connectivity index (χ2v) is 6.24. The van der Waals surface area contributed by atoms with Gasteiger partial charge in [0, 0.05) is 45.0 Å². The minimum Gasteiger partial charge on any atom is -0.497 e. The second-order valence-electron chi connectivity index (χ2n) is 6.24. The van der Waals surface area contributed by atoms with E-state index in [0.29, 0.717) is 13.1 Å². The van der Waals surface area contributed by atoms with Gasteiger partial charge >= 0.3 is 6.03 Å². The van der Waals surface area contributed by atoms with Crippen molar-refractivity contribution in [1.29, 1.82) is 0 Å². The number of piperazine rings is 1. The standard InChI is InChI=1S/C17H24N4O3/c1-18-7-9-19(10-8-18)16(22)13-20-11-12-21(17(20)23)14-3-5-15(24-2)6-4-14/h3-6H,7-13H2,1-2H3. The Balaban J connectivity index is 1.58. The van der Waals surface area contributed by atoms with Crippen LogP contribution in [0.3, 0.4) is 0 Å². The normalized spacial score (nSPS) is 19.1. The first-order valence-electron chi connectivity index (χ1n) is 8.25. The van der Waals surface area contributed by atoms with Crippen molar-refractivity contribution in [3.63, 3.8) is 0 Å². The van der Waals surface area contributed by atoms with E-state index in [-0.39, 0.29) is 18.5 Å². The lowest BCUT2D eigenvalue weighted by Gasteiger charge is -2.33. The second kappa shape index (κ2) is 7.09. The summed E-state index contributed by atoms with van der Waals surface area (Å²) in [5, 5.41) is 0. The molecule has 0 aliphatic carbocycles. The average molecular weight is 332 g/mol. The Morgan fingerprint density at radius 3 is 2.33 bits per heavy atom. The summed E-state index contributed by atoms with van der Waals surface area (Å²) in [6.07, 6.45) is 0. The molecule has 3 amide bonds. The van der Waals surface area contributed by atoms with Gasteiger partial charge in [-0.25, -0.2) is 4.79 Å². The lowest BCUT2D eigenvalue weighted by molar-refractivity contribution is -0.133. The van der Waals surface area contributed by atoms with E-state index in [4.69, 9.17) is 4.74 Å². The maximum absolute atomic E-state index is 12.6. The molecular formula is C17H24N4O3. The Hall–Kier alpha value is -2.28. The molecule has 0 unspecified atom stereocenters. The van der Waals surface area contributed by atoms with E-state index in [0.717, 1.165) is 37.6 Å². The lowest BCUT2D eigenvalue weighted by Crippen LogP contribution is -2.50. The molecule has 2 fully saturated rings. The summed E-state index contributed by atoms with van der Waals surface area (Å²) in [5.74, 6) is 0.792. The molecule has 2 saturated heterocycles. The number of rotatable bonds is 4. The number of hydrogen-bond donors (Lipinski definition) is 0. The van der Waals surface area contributed by atoms with Crippen LogP contribution in [0.5, 0.6) is 5.75 Å². The summed E-state index contributed by atoms with van der Waals surface area (Å²) in [5.41, 5.74) is 0.829. The van der Waals surface area contributed by atoms with Gasteiger partial charge in [-0.3, -0.25) is 9.69 Å². The van der Waals surface area contributed by atoms with Gasteiger partial charge in [-0.2, -0.15) is 0 Å². The van der Waals surface area contributed by atoms with E-state index >= 15 is 0 Å². The SMILES string of the molecule is COc1ccc(N2CCN(CC(=O)N3CCN(C)CC3)C2=O)cc1. The fourth-order valence-electron chi connectivity index (χ4n) is 3.05. The summed E-state index contributed by atoms with van der Waals surface area (Å²) >= 11 is 0. The monoisotopic (exact) mass is 332 g/mol. The summed E-state index contributed by atoms with van der Waals surface area (Å²) in [7, 11) is 3.67. The fraction of sp³-hybridized carbons (Fsp3) is 0.529. The first-order chi connectivity index (χ1) is 11.6. The minimum atomic E-state index is -0.109.